The molecule has 0 aliphatic rings. The number of amides is 1. The lowest BCUT2D eigenvalue weighted by atomic mass is 10.1. The topological polar surface area (TPSA) is 64.6 Å². The molecule has 2 aromatic carbocycles. The van der Waals surface area contributed by atoms with Crippen molar-refractivity contribution in [1.82, 2.24) is 0 Å². The molecule has 6 heteroatoms. The van der Waals surface area contributed by atoms with Crippen LogP contribution >= 0.6 is 11.6 Å². The van der Waals surface area contributed by atoms with Crippen molar-refractivity contribution in [3.05, 3.63) is 58.6 Å². The Kier molecular flexibility index (Phi) is 6.42. The van der Waals surface area contributed by atoms with Crippen molar-refractivity contribution < 1.29 is 19.1 Å². The molecule has 1 N–H and O–H groups in total. The smallest absolute Gasteiger partial charge is 0.344 e. The highest BCUT2D eigenvalue weighted by molar-refractivity contribution is 6.30. The molecule has 0 spiro atoms. The van der Waals surface area contributed by atoms with E-state index in [1.807, 2.05) is 32.0 Å². The van der Waals surface area contributed by atoms with E-state index in [1.165, 1.54) is 6.92 Å². The molecule has 0 radical (unpaired) electrons. The van der Waals surface area contributed by atoms with Gasteiger partial charge >= 0.3 is 5.97 Å². The Morgan fingerprint density at radius 1 is 1.12 bits per heavy atom. The van der Waals surface area contributed by atoms with Gasteiger partial charge in [0.15, 0.2) is 12.7 Å². The number of esters is 1. The van der Waals surface area contributed by atoms with Gasteiger partial charge in [-0.1, -0.05) is 35.9 Å². The fraction of sp³-hybridized carbons (Fsp3) is 0.263. The molecular formula is C19H20ClNO4. The van der Waals surface area contributed by atoms with E-state index in [2.05, 4.69) is 5.32 Å². The number of aryl methyl sites for hydroxylation is 2. The number of hydrogen-bond acceptors (Lipinski definition) is 4. The molecule has 0 aliphatic heterocycles. The van der Waals surface area contributed by atoms with Crippen molar-refractivity contribution in [2.24, 2.45) is 0 Å². The van der Waals surface area contributed by atoms with Gasteiger partial charge in [-0.25, -0.2) is 4.79 Å². The second kappa shape index (κ2) is 8.53. The molecule has 5 nitrogen and oxygen atoms in total. The van der Waals surface area contributed by atoms with Crippen LogP contribution in [0.3, 0.4) is 0 Å². The Morgan fingerprint density at radius 3 is 2.40 bits per heavy atom. The summed E-state index contributed by atoms with van der Waals surface area (Å²) >= 11 is 5.84. The molecule has 0 saturated carbocycles. The third-order valence-electron chi connectivity index (χ3n) is 3.56. The van der Waals surface area contributed by atoms with Crippen LogP contribution in [0.2, 0.25) is 5.02 Å². The molecule has 132 valence electrons. The van der Waals surface area contributed by atoms with E-state index in [0.29, 0.717) is 10.8 Å². The zero-order valence-electron chi connectivity index (χ0n) is 14.3. The maximum absolute atomic E-state index is 12.2. The minimum Gasteiger partial charge on any atom is -0.482 e. The fourth-order valence-electron chi connectivity index (χ4n) is 2.22. The maximum atomic E-state index is 12.2. The number of nitrogens with one attached hydrogen (secondary N) is 1. The molecule has 0 fully saturated rings. The average molecular weight is 362 g/mol. The number of rotatable bonds is 6. The summed E-state index contributed by atoms with van der Waals surface area (Å²) in [6, 6.07) is 12.4. The lowest BCUT2D eigenvalue weighted by molar-refractivity contribution is -0.155. The van der Waals surface area contributed by atoms with Crippen LogP contribution in [-0.4, -0.2) is 24.6 Å². The highest BCUT2D eigenvalue weighted by Gasteiger charge is 2.19. The van der Waals surface area contributed by atoms with E-state index in [-0.39, 0.29) is 6.61 Å². The van der Waals surface area contributed by atoms with Gasteiger partial charge in [0.1, 0.15) is 5.75 Å². The van der Waals surface area contributed by atoms with Crippen LogP contribution in [0.1, 0.15) is 18.1 Å². The summed E-state index contributed by atoms with van der Waals surface area (Å²) in [4.78, 5) is 24.1. The normalized spacial score (nSPS) is 11.5. The molecule has 0 aromatic heterocycles. The van der Waals surface area contributed by atoms with Crippen LogP contribution in [0, 0.1) is 13.8 Å². The highest BCUT2D eigenvalue weighted by atomic mass is 35.5. The zero-order chi connectivity index (χ0) is 18.4. The van der Waals surface area contributed by atoms with E-state index < -0.39 is 18.0 Å². The number of carbonyl (C=O) groups is 2. The monoisotopic (exact) mass is 361 g/mol. The van der Waals surface area contributed by atoms with Crippen molar-refractivity contribution >= 4 is 29.2 Å². The van der Waals surface area contributed by atoms with Crippen LogP contribution in [0.25, 0.3) is 0 Å². The van der Waals surface area contributed by atoms with Crippen molar-refractivity contribution in [3.63, 3.8) is 0 Å². The standard InChI is InChI=1S/C19H20ClNO4/c1-12-6-4-7-13(2)18(12)21-19(23)14(3)25-17(22)11-24-16-9-5-8-15(20)10-16/h4-10,14H,11H2,1-3H3,(H,21,23). The number of hydrogen-bond donors (Lipinski definition) is 1. The number of benzene rings is 2. The first kappa shape index (κ1) is 18.8. The summed E-state index contributed by atoms with van der Waals surface area (Å²) in [5.74, 6) is -0.574. The average Bonchev–Trinajstić information content (AvgIpc) is 2.56. The number of halogens is 1. The second-order valence-electron chi connectivity index (χ2n) is 5.63. The molecule has 1 unspecified atom stereocenters. The summed E-state index contributed by atoms with van der Waals surface area (Å²) in [7, 11) is 0. The summed E-state index contributed by atoms with van der Waals surface area (Å²) in [5.41, 5.74) is 2.61. The number of para-hydroxylation sites is 1. The van der Waals surface area contributed by atoms with Gasteiger partial charge in [-0.3, -0.25) is 4.79 Å². The molecule has 0 aliphatic carbocycles. The van der Waals surface area contributed by atoms with Gasteiger partial charge in [0.2, 0.25) is 0 Å². The van der Waals surface area contributed by atoms with Gasteiger partial charge in [0, 0.05) is 10.7 Å². The molecule has 1 atom stereocenters. The SMILES string of the molecule is Cc1cccc(C)c1NC(=O)C(C)OC(=O)COc1cccc(Cl)c1. The minimum atomic E-state index is -0.936. The fourth-order valence-corrected chi connectivity index (χ4v) is 2.40. The molecule has 0 heterocycles. The van der Waals surface area contributed by atoms with E-state index in [1.54, 1.807) is 24.3 Å². The first-order chi connectivity index (χ1) is 11.9. The van der Waals surface area contributed by atoms with Gasteiger partial charge in [-0.15, -0.1) is 0 Å². The van der Waals surface area contributed by atoms with Crippen molar-refractivity contribution in [2.75, 3.05) is 11.9 Å². The van der Waals surface area contributed by atoms with Crippen LogP contribution in [-0.2, 0) is 14.3 Å². The van der Waals surface area contributed by atoms with E-state index in [4.69, 9.17) is 21.1 Å². The molecule has 0 bridgehead atoms. The second-order valence-corrected chi connectivity index (χ2v) is 6.07. The Balaban J connectivity index is 1.87. The Morgan fingerprint density at radius 2 is 1.76 bits per heavy atom. The van der Waals surface area contributed by atoms with Gasteiger partial charge < -0.3 is 14.8 Å². The zero-order valence-corrected chi connectivity index (χ0v) is 15.1. The summed E-state index contributed by atoms with van der Waals surface area (Å²) < 4.78 is 10.4. The van der Waals surface area contributed by atoms with Gasteiger partial charge in [-0.05, 0) is 50.1 Å². The first-order valence-corrected chi connectivity index (χ1v) is 8.19. The van der Waals surface area contributed by atoms with E-state index in [9.17, 15) is 9.59 Å². The van der Waals surface area contributed by atoms with Crippen LogP contribution in [0.15, 0.2) is 42.5 Å². The van der Waals surface area contributed by atoms with Crippen molar-refractivity contribution in [1.29, 1.82) is 0 Å². The van der Waals surface area contributed by atoms with E-state index >= 15 is 0 Å². The highest BCUT2D eigenvalue weighted by Crippen LogP contribution is 2.20. The molecule has 25 heavy (non-hydrogen) atoms. The minimum absolute atomic E-state index is 0.304. The van der Waals surface area contributed by atoms with Gasteiger partial charge in [0.05, 0.1) is 0 Å². The van der Waals surface area contributed by atoms with Crippen LogP contribution in [0.4, 0.5) is 5.69 Å². The summed E-state index contributed by atoms with van der Waals surface area (Å²) in [6.07, 6.45) is -0.936. The first-order valence-electron chi connectivity index (χ1n) is 7.81. The number of anilines is 1. The third-order valence-corrected chi connectivity index (χ3v) is 3.79. The Labute approximate surface area is 151 Å². The summed E-state index contributed by atoms with van der Waals surface area (Å²) in [5, 5.41) is 3.30. The summed E-state index contributed by atoms with van der Waals surface area (Å²) in [6.45, 7) is 5.01. The van der Waals surface area contributed by atoms with Crippen molar-refractivity contribution in [2.45, 2.75) is 26.9 Å². The Hall–Kier alpha value is -2.53. The quantitative estimate of drug-likeness (QED) is 0.792. The largest absolute Gasteiger partial charge is 0.482 e. The van der Waals surface area contributed by atoms with Crippen molar-refractivity contribution in [3.8, 4) is 5.75 Å². The van der Waals surface area contributed by atoms with Crippen LogP contribution in [0.5, 0.6) is 5.75 Å². The molecule has 0 saturated heterocycles. The third kappa shape index (κ3) is 5.50. The number of ether oxygens (including phenoxy) is 2. The van der Waals surface area contributed by atoms with E-state index in [0.717, 1.165) is 16.8 Å². The Bertz CT molecular complexity index is 756. The maximum Gasteiger partial charge on any atom is 0.344 e. The lowest BCUT2D eigenvalue weighted by Gasteiger charge is -2.16. The lowest BCUT2D eigenvalue weighted by Crippen LogP contribution is -2.32. The number of carbonyl (C=O) groups excluding carboxylic acids is 2. The van der Waals surface area contributed by atoms with Crippen LogP contribution < -0.4 is 10.1 Å². The van der Waals surface area contributed by atoms with Gasteiger partial charge in [0.25, 0.3) is 5.91 Å². The predicted octanol–water partition coefficient (Wildman–Crippen LogP) is 3.91. The molecular weight excluding hydrogens is 342 g/mol. The van der Waals surface area contributed by atoms with Gasteiger partial charge in [-0.2, -0.15) is 0 Å². The molecule has 2 rings (SSSR count). The molecule has 2 aromatic rings. The predicted molar refractivity (Wildman–Crippen MR) is 97.0 cm³/mol. The molecule has 1 amide bonds.